The molecule has 0 aromatic heterocycles. The number of amides is 1. The van der Waals surface area contributed by atoms with Crippen molar-refractivity contribution in [3.63, 3.8) is 0 Å². The molecule has 8 nitrogen and oxygen atoms in total. The number of benzene rings is 1. The molecule has 0 heterocycles. The highest BCUT2D eigenvalue weighted by molar-refractivity contribution is 5.85. The molecule has 3 N–H and O–H groups in total. The van der Waals surface area contributed by atoms with Crippen LogP contribution in [0, 0.1) is 5.41 Å². The second kappa shape index (κ2) is 11.6. The lowest BCUT2D eigenvalue weighted by atomic mass is 9.84. The van der Waals surface area contributed by atoms with E-state index in [1.807, 2.05) is 39.2 Å². The molecule has 1 amide bonds. The highest BCUT2D eigenvalue weighted by Gasteiger charge is 2.42. The SMILES string of the molecule is CCNC(=NCc1ccc(OCCO)c(OC)c1)NCC1(C(=O)N(C)C)CCCC1. The van der Waals surface area contributed by atoms with Gasteiger partial charge in [-0.2, -0.15) is 0 Å². The molecule has 1 fully saturated rings. The summed E-state index contributed by atoms with van der Waals surface area (Å²) in [5.74, 6) is 2.08. The number of methoxy groups -OCH3 is 1. The van der Waals surface area contributed by atoms with Crippen LogP contribution in [0.5, 0.6) is 11.5 Å². The van der Waals surface area contributed by atoms with Gasteiger partial charge in [0.2, 0.25) is 5.91 Å². The van der Waals surface area contributed by atoms with Crippen molar-refractivity contribution < 1.29 is 19.4 Å². The molecule has 0 bridgehead atoms. The van der Waals surface area contributed by atoms with Crippen molar-refractivity contribution in [2.24, 2.45) is 10.4 Å². The Kier molecular flexibility index (Phi) is 9.23. The van der Waals surface area contributed by atoms with Crippen molar-refractivity contribution in [1.82, 2.24) is 15.5 Å². The van der Waals surface area contributed by atoms with Crippen LogP contribution in [0.1, 0.15) is 38.2 Å². The Hall–Kier alpha value is -2.48. The van der Waals surface area contributed by atoms with Gasteiger partial charge in [-0.15, -0.1) is 0 Å². The lowest BCUT2D eigenvalue weighted by molar-refractivity contribution is -0.138. The van der Waals surface area contributed by atoms with Crippen LogP contribution >= 0.6 is 0 Å². The van der Waals surface area contributed by atoms with Gasteiger partial charge in [-0.05, 0) is 37.5 Å². The standard InChI is InChI=1S/C22H36N4O4/c1-5-23-21(25-16-22(10-6-7-11-22)20(28)26(2)3)24-15-17-8-9-18(30-13-12-27)19(14-17)29-4/h8-9,14,27H,5-7,10-13,15-16H2,1-4H3,(H2,23,24,25). The van der Waals surface area contributed by atoms with Gasteiger partial charge in [0.1, 0.15) is 6.61 Å². The van der Waals surface area contributed by atoms with Gasteiger partial charge < -0.3 is 30.1 Å². The number of aliphatic imine (C=N–C) groups is 1. The van der Waals surface area contributed by atoms with E-state index in [0.29, 0.717) is 30.5 Å². The molecule has 1 saturated carbocycles. The minimum absolute atomic E-state index is 0.0509. The number of nitrogens with zero attached hydrogens (tertiary/aromatic N) is 2. The van der Waals surface area contributed by atoms with E-state index in [9.17, 15) is 4.79 Å². The van der Waals surface area contributed by atoms with Gasteiger partial charge in [-0.3, -0.25) is 4.79 Å². The van der Waals surface area contributed by atoms with Crippen molar-refractivity contribution in [1.29, 1.82) is 0 Å². The Morgan fingerprint density at radius 2 is 1.97 bits per heavy atom. The molecule has 8 heteroatoms. The lowest BCUT2D eigenvalue weighted by Gasteiger charge is -2.31. The number of aliphatic hydroxyl groups is 1. The van der Waals surface area contributed by atoms with E-state index >= 15 is 0 Å². The summed E-state index contributed by atoms with van der Waals surface area (Å²) in [7, 11) is 5.23. The predicted molar refractivity (Wildman–Crippen MR) is 118 cm³/mol. The maximum Gasteiger partial charge on any atom is 0.230 e. The monoisotopic (exact) mass is 420 g/mol. The Bertz CT molecular complexity index is 715. The molecular formula is C22H36N4O4. The lowest BCUT2D eigenvalue weighted by Crippen LogP contribution is -2.49. The van der Waals surface area contributed by atoms with Crippen molar-refractivity contribution in [3.05, 3.63) is 23.8 Å². The molecule has 0 radical (unpaired) electrons. The summed E-state index contributed by atoms with van der Waals surface area (Å²) < 4.78 is 10.9. The third-order valence-corrected chi connectivity index (χ3v) is 5.36. The quantitative estimate of drug-likeness (QED) is 0.394. The average Bonchev–Trinajstić information content (AvgIpc) is 3.23. The first-order valence-electron chi connectivity index (χ1n) is 10.6. The van der Waals surface area contributed by atoms with Crippen LogP contribution in [0.25, 0.3) is 0 Å². The molecule has 2 rings (SSSR count). The molecule has 0 aliphatic heterocycles. The van der Waals surface area contributed by atoms with E-state index in [1.54, 1.807) is 12.0 Å². The molecule has 1 aliphatic rings. The van der Waals surface area contributed by atoms with Crippen LogP contribution in [-0.2, 0) is 11.3 Å². The predicted octanol–water partition coefficient (Wildman–Crippen LogP) is 1.77. The van der Waals surface area contributed by atoms with Crippen LogP contribution < -0.4 is 20.1 Å². The topological polar surface area (TPSA) is 95.4 Å². The molecule has 1 aliphatic carbocycles. The second-order valence-electron chi connectivity index (χ2n) is 7.79. The zero-order chi connectivity index (χ0) is 22.0. The van der Waals surface area contributed by atoms with Crippen LogP contribution in [0.4, 0.5) is 0 Å². The van der Waals surface area contributed by atoms with Crippen molar-refractivity contribution in [3.8, 4) is 11.5 Å². The first-order valence-corrected chi connectivity index (χ1v) is 10.6. The van der Waals surface area contributed by atoms with Crippen molar-refractivity contribution in [2.45, 2.75) is 39.2 Å². The maximum absolute atomic E-state index is 12.8. The summed E-state index contributed by atoms with van der Waals surface area (Å²) in [6, 6.07) is 5.63. The number of rotatable bonds is 10. The molecule has 0 unspecified atom stereocenters. The summed E-state index contributed by atoms with van der Waals surface area (Å²) in [4.78, 5) is 19.2. The Balaban J connectivity index is 2.07. The summed E-state index contributed by atoms with van der Waals surface area (Å²) in [6.45, 7) is 3.95. The normalized spacial score (nSPS) is 15.6. The Morgan fingerprint density at radius 3 is 2.57 bits per heavy atom. The van der Waals surface area contributed by atoms with E-state index in [-0.39, 0.29) is 24.5 Å². The van der Waals surface area contributed by atoms with E-state index in [4.69, 9.17) is 14.6 Å². The molecule has 168 valence electrons. The molecule has 0 spiro atoms. The summed E-state index contributed by atoms with van der Waals surface area (Å²) in [5.41, 5.74) is 0.620. The third-order valence-electron chi connectivity index (χ3n) is 5.36. The number of nitrogens with one attached hydrogen (secondary N) is 2. The number of aliphatic hydroxyl groups excluding tert-OH is 1. The van der Waals surface area contributed by atoms with Gasteiger partial charge in [-0.25, -0.2) is 4.99 Å². The average molecular weight is 421 g/mol. The Morgan fingerprint density at radius 1 is 1.23 bits per heavy atom. The number of carbonyl (C=O) groups is 1. The van der Waals surface area contributed by atoms with E-state index in [1.165, 1.54) is 0 Å². The van der Waals surface area contributed by atoms with E-state index in [0.717, 1.165) is 37.8 Å². The van der Waals surface area contributed by atoms with Gasteiger partial charge in [0.25, 0.3) is 0 Å². The summed E-state index contributed by atoms with van der Waals surface area (Å²) in [5, 5.41) is 15.6. The fourth-order valence-electron chi connectivity index (χ4n) is 3.84. The van der Waals surface area contributed by atoms with E-state index < -0.39 is 0 Å². The first kappa shape index (κ1) is 23.8. The number of hydrogen-bond donors (Lipinski definition) is 3. The number of ether oxygens (including phenoxy) is 2. The van der Waals surface area contributed by atoms with Crippen molar-refractivity contribution in [2.75, 3.05) is 47.5 Å². The summed E-state index contributed by atoms with van der Waals surface area (Å²) in [6.07, 6.45) is 3.98. The number of hydrogen-bond acceptors (Lipinski definition) is 5. The third kappa shape index (κ3) is 6.26. The van der Waals surface area contributed by atoms with Crippen LogP contribution in [0.2, 0.25) is 0 Å². The smallest absolute Gasteiger partial charge is 0.230 e. The molecule has 0 saturated heterocycles. The van der Waals surface area contributed by atoms with Crippen molar-refractivity contribution >= 4 is 11.9 Å². The first-order chi connectivity index (χ1) is 14.5. The minimum Gasteiger partial charge on any atom is -0.493 e. The minimum atomic E-state index is -0.353. The van der Waals surface area contributed by atoms with Gasteiger partial charge in [0.05, 0.1) is 25.7 Å². The molecule has 1 aromatic carbocycles. The highest BCUT2D eigenvalue weighted by Crippen LogP contribution is 2.38. The molecule has 1 aromatic rings. The van der Waals surface area contributed by atoms with Gasteiger partial charge in [0, 0.05) is 27.2 Å². The van der Waals surface area contributed by atoms with Gasteiger partial charge in [-0.1, -0.05) is 18.9 Å². The van der Waals surface area contributed by atoms with Gasteiger partial charge in [0.15, 0.2) is 17.5 Å². The highest BCUT2D eigenvalue weighted by atomic mass is 16.5. The Labute approximate surface area is 179 Å². The largest absolute Gasteiger partial charge is 0.493 e. The molecule has 0 atom stereocenters. The molecule has 30 heavy (non-hydrogen) atoms. The zero-order valence-corrected chi connectivity index (χ0v) is 18.7. The van der Waals surface area contributed by atoms with E-state index in [2.05, 4.69) is 15.6 Å². The van der Waals surface area contributed by atoms with Crippen LogP contribution in [0.3, 0.4) is 0 Å². The fraction of sp³-hybridized carbons (Fsp3) is 0.636. The van der Waals surface area contributed by atoms with Crippen LogP contribution in [0.15, 0.2) is 23.2 Å². The summed E-state index contributed by atoms with van der Waals surface area (Å²) >= 11 is 0. The second-order valence-corrected chi connectivity index (χ2v) is 7.79. The van der Waals surface area contributed by atoms with Crippen LogP contribution in [-0.4, -0.2) is 69.4 Å². The number of carbonyl (C=O) groups excluding carboxylic acids is 1. The molecular weight excluding hydrogens is 384 g/mol. The fourth-order valence-corrected chi connectivity index (χ4v) is 3.84. The number of guanidine groups is 1. The zero-order valence-electron chi connectivity index (χ0n) is 18.7. The maximum atomic E-state index is 12.8. The van der Waals surface area contributed by atoms with Gasteiger partial charge >= 0.3 is 0 Å².